The lowest BCUT2D eigenvalue weighted by Crippen LogP contribution is -2.34. The van der Waals surface area contributed by atoms with Crippen LogP contribution in [0.1, 0.15) is 19.2 Å². The Bertz CT molecular complexity index is 860. The molecular formula is C20H24ClN2O2+. The van der Waals surface area contributed by atoms with Gasteiger partial charge in [-0.05, 0) is 36.8 Å². The van der Waals surface area contributed by atoms with Gasteiger partial charge in [-0.2, -0.15) is 0 Å². The predicted molar refractivity (Wildman–Crippen MR) is 100 cm³/mol. The van der Waals surface area contributed by atoms with Gasteiger partial charge in [0.25, 0.3) is 5.82 Å². The summed E-state index contributed by atoms with van der Waals surface area (Å²) in [5, 5.41) is 11.1. The summed E-state index contributed by atoms with van der Waals surface area (Å²) in [5.41, 5.74) is 2.31. The molecule has 25 heavy (non-hydrogen) atoms. The van der Waals surface area contributed by atoms with Crippen LogP contribution in [0.2, 0.25) is 5.02 Å². The summed E-state index contributed by atoms with van der Waals surface area (Å²) in [6, 6.07) is 15.5. The van der Waals surface area contributed by atoms with Crippen LogP contribution in [0.15, 0.2) is 48.5 Å². The summed E-state index contributed by atoms with van der Waals surface area (Å²) in [7, 11) is 2.08. The van der Waals surface area contributed by atoms with Crippen molar-refractivity contribution in [2.75, 3.05) is 6.61 Å². The Morgan fingerprint density at radius 3 is 2.76 bits per heavy atom. The normalized spacial score (nSPS) is 12.5. The van der Waals surface area contributed by atoms with Gasteiger partial charge in [0, 0.05) is 11.4 Å². The maximum absolute atomic E-state index is 10.5. The largest absolute Gasteiger partial charge is 0.491 e. The number of para-hydroxylation sites is 2. The Hall–Kier alpha value is -2.04. The van der Waals surface area contributed by atoms with Crippen LogP contribution in [0.3, 0.4) is 0 Å². The standard InChI is InChI=1S/C20H24ClN2O2/c1-3-7-20-22(2)18-10-4-5-11-19(18)23(20)13-16(24)14-25-17-9-6-8-15(21)12-17/h4-6,8-12,16,24H,3,7,13-14H2,1-2H3/q+1. The summed E-state index contributed by atoms with van der Waals surface area (Å²) >= 11 is 5.96. The molecule has 3 aromatic rings. The number of aliphatic hydroxyl groups excluding tert-OH is 1. The summed E-state index contributed by atoms with van der Waals surface area (Å²) in [6.45, 7) is 2.89. The average Bonchev–Trinajstić information content (AvgIpc) is 2.87. The second-order valence-corrected chi connectivity index (χ2v) is 6.68. The molecule has 2 aromatic carbocycles. The van der Waals surface area contributed by atoms with Crippen LogP contribution < -0.4 is 9.30 Å². The van der Waals surface area contributed by atoms with E-state index in [4.69, 9.17) is 16.3 Å². The molecule has 1 unspecified atom stereocenters. The fourth-order valence-corrected chi connectivity index (χ4v) is 3.36. The fraction of sp³-hybridized carbons (Fsp3) is 0.350. The van der Waals surface area contributed by atoms with Crippen LogP contribution in [0.25, 0.3) is 11.0 Å². The molecule has 0 saturated carbocycles. The van der Waals surface area contributed by atoms with E-state index in [2.05, 4.69) is 35.2 Å². The first-order chi connectivity index (χ1) is 12.1. The quantitative estimate of drug-likeness (QED) is 0.655. The summed E-state index contributed by atoms with van der Waals surface area (Å²) < 4.78 is 10.1. The molecule has 3 rings (SSSR count). The molecule has 132 valence electrons. The third kappa shape index (κ3) is 3.97. The third-order valence-electron chi connectivity index (χ3n) is 4.34. The number of hydrogen-bond acceptors (Lipinski definition) is 2. The lowest BCUT2D eigenvalue weighted by molar-refractivity contribution is -0.654. The highest BCUT2D eigenvalue weighted by Gasteiger charge is 2.23. The van der Waals surface area contributed by atoms with Gasteiger partial charge in [-0.15, -0.1) is 0 Å². The number of fused-ring (bicyclic) bond motifs is 1. The number of aliphatic hydroxyl groups is 1. The van der Waals surface area contributed by atoms with Crippen molar-refractivity contribution in [3.05, 3.63) is 59.4 Å². The SMILES string of the molecule is CCCc1n(CC(O)COc2cccc(Cl)c2)c2ccccc2[n+]1C. The number of rotatable bonds is 7. The van der Waals surface area contributed by atoms with Crippen LogP contribution in [-0.2, 0) is 20.0 Å². The molecule has 1 heterocycles. The van der Waals surface area contributed by atoms with Crippen molar-refractivity contribution in [1.29, 1.82) is 0 Å². The van der Waals surface area contributed by atoms with E-state index in [0.29, 0.717) is 17.3 Å². The molecule has 1 atom stereocenters. The topological polar surface area (TPSA) is 38.3 Å². The van der Waals surface area contributed by atoms with Gasteiger partial charge in [-0.1, -0.05) is 36.7 Å². The summed E-state index contributed by atoms with van der Waals surface area (Å²) in [5.74, 6) is 1.88. The molecule has 0 bridgehead atoms. The molecule has 4 nitrogen and oxygen atoms in total. The highest BCUT2D eigenvalue weighted by Crippen LogP contribution is 2.19. The Morgan fingerprint density at radius 1 is 1.20 bits per heavy atom. The Labute approximate surface area is 153 Å². The number of aromatic nitrogens is 2. The van der Waals surface area contributed by atoms with E-state index < -0.39 is 6.10 Å². The van der Waals surface area contributed by atoms with Crippen molar-refractivity contribution in [2.45, 2.75) is 32.4 Å². The maximum Gasteiger partial charge on any atom is 0.257 e. The number of halogens is 1. The molecule has 0 saturated heterocycles. The zero-order chi connectivity index (χ0) is 17.8. The van der Waals surface area contributed by atoms with Crippen molar-refractivity contribution >= 4 is 22.6 Å². The van der Waals surface area contributed by atoms with E-state index in [1.165, 1.54) is 11.3 Å². The van der Waals surface area contributed by atoms with Crippen LogP contribution >= 0.6 is 11.6 Å². The Morgan fingerprint density at radius 2 is 2.00 bits per heavy atom. The number of hydrogen-bond donors (Lipinski definition) is 1. The third-order valence-corrected chi connectivity index (χ3v) is 4.57. The molecule has 0 spiro atoms. The first kappa shape index (κ1) is 17.8. The van der Waals surface area contributed by atoms with E-state index in [-0.39, 0.29) is 6.61 Å². The smallest absolute Gasteiger partial charge is 0.257 e. The van der Waals surface area contributed by atoms with Crippen molar-refractivity contribution in [1.82, 2.24) is 4.57 Å². The lowest BCUT2D eigenvalue weighted by atomic mass is 10.3. The first-order valence-electron chi connectivity index (χ1n) is 8.62. The molecule has 1 N–H and O–H groups in total. The summed E-state index contributed by atoms with van der Waals surface area (Å²) in [6.07, 6.45) is 1.41. The van der Waals surface area contributed by atoms with Gasteiger partial charge < -0.3 is 9.84 Å². The van der Waals surface area contributed by atoms with Crippen LogP contribution in [0.4, 0.5) is 0 Å². The molecule has 0 amide bonds. The van der Waals surface area contributed by atoms with Crippen LogP contribution in [0.5, 0.6) is 5.75 Å². The van der Waals surface area contributed by atoms with E-state index in [1.54, 1.807) is 12.1 Å². The minimum absolute atomic E-state index is 0.224. The van der Waals surface area contributed by atoms with E-state index in [0.717, 1.165) is 18.4 Å². The number of benzene rings is 2. The van der Waals surface area contributed by atoms with E-state index in [9.17, 15) is 5.11 Å². The molecule has 1 aromatic heterocycles. The second-order valence-electron chi connectivity index (χ2n) is 6.25. The number of aryl methyl sites for hydroxylation is 1. The highest BCUT2D eigenvalue weighted by atomic mass is 35.5. The van der Waals surface area contributed by atoms with E-state index in [1.807, 2.05) is 24.3 Å². The van der Waals surface area contributed by atoms with Crippen molar-refractivity contribution in [3.8, 4) is 5.75 Å². The maximum atomic E-state index is 10.5. The molecule has 0 radical (unpaired) electrons. The van der Waals surface area contributed by atoms with E-state index >= 15 is 0 Å². The zero-order valence-corrected chi connectivity index (χ0v) is 15.4. The molecule has 0 aliphatic heterocycles. The highest BCUT2D eigenvalue weighted by molar-refractivity contribution is 6.30. The summed E-state index contributed by atoms with van der Waals surface area (Å²) in [4.78, 5) is 0. The molecule has 5 heteroatoms. The monoisotopic (exact) mass is 359 g/mol. The molecule has 0 aliphatic carbocycles. The van der Waals surface area contributed by atoms with Gasteiger partial charge in [0.05, 0.1) is 7.05 Å². The van der Waals surface area contributed by atoms with Gasteiger partial charge in [0.2, 0.25) is 0 Å². The van der Waals surface area contributed by atoms with Crippen molar-refractivity contribution < 1.29 is 14.4 Å². The number of nitrogens with zero attached hydrogens (tertiary/aromatic N) is 2. The van der Waals surface area contributed by atoms with Crippen molar-refractivity contribution in [2.24, 2.45) is 7.05 Å². The van der Waals surface area contributed by atoms with Gasteiger partial charge in [0.15, 0.2) is 11.0 Å². The minimum atomic E-state index is -0.606. The Balaban J connectivity index is 1.78. The Kier molecular flexibility index (Phi) is 5.61. The van der Waals surface area contributed by atoms with Gasteiger partial charge in [0.1, 0.15) is 25.0 Å². The molecule has 0 aliphatic rings. The fourth-order valence-electron chi connectivity index (χ4n) is 3.18. The average molecular weight is 360 g/mol. The van der Waals surface area contributed by atoms with Gasteiger partial charge >= 0.3 is 0 Å². The number of ether oxygens (including phenoxy) is 1. The van der Waals surface area contributed by atoms with Crippen molar-refractivity contribution in [3.63, 3.8) is 0 Å². The van der Waals surface area contributed by atoms with Crippen LogP contribution in [0, 0.1) is 0 Å². The first-order valence-corrected chi connectivity index (χ1v) is 9.00. The van der Waals surface area contributed by atoms with Gasteiger partial charge in [-0.25, -0.2) is 9.13 Å². The molecule has 0 fully saturated rings. The molecular weight excluding hydrogens is 336 g/mol. The van der Waals surface area contributed by atoms with Gasteiger partial charge in [-0.3, -0.25) is 0 Å². The predicted octanol–water partition coefficient (Wildman–Crippen LogP) is 3.51. The minimum Gasteiger partial charge on any atom is -0.491 e. The zero-order valence-electron chi connectivity index (χ0n) is 14.7. The second kappa shape index (κ2) is 7.89. The number of imidazole rings is 1. The van der Waals surface area contributed by atoms with Crippen LogP contribution in [-0.4, -0.2) is 22.4 Å². The lowest BCUT2D eigenvalue weighted by Gasteiger charge is -2.12.